The van der Waals surface area contributed by atoms with Gasteiger partial charge < -0.3 is 10.1 Å². The number of aromatic carboxylic acids is 1. The molecular weight excluding hydrogens is 364 g/mol. The molecule has 0 saturated heterocycles. The summed E-state index contributed by atoms with van der Waals surface area (Å²) in [7, 11) is 0. The highest BCUT2D eigenvalue weighted by Crippen LogP contribution is 2.35. The Hall–Kier alpha value is -2.66. The summed E-state index contributed by atoms with van der Waals surface area (Å²) in [5.41, 5.74) is 3.63. The largest absolute Gasteiger partial charge is 0.476 e. The van der Waals surface area contributed by atoms with Gasteiger partial charge in [-0.2, -0.15) is 0 Å². The number of fused-ring (bicyclic) bond motifs is 1. The molecule has 0 aliphatic heterocycles. The Kier molecular flexibility index (Phi) is 4.60. The number of aromatic amines is 1. The number of carboxylic acid groups (broad SMARTS) is 1. The van der Waals surface area contributed by atoms with E-state index in [4.69, 9.17) is 11.6 Å². The minimum Gasteiger partial charge on any atom is -0.476 e. The first kappa shape index (κ1) is 19.1. The van der Waals surface area contributed by atoms with Gasteiger partial charge in [0.1, 0.15) is 0 Å². The molecule has 140 valence electrons. The van der Waals surface area contributed by atoms with Crippen molar-refractivity contribution in [2.75, 3.05) is 0 Å². The number of H-pyrrole nitrogens is 1. The number of nitrogens with zero attached hydrogens (tertiary/aromatic N) is 1. The third-order valence-electron chi connectivity index (χ3n) is 4.75. The number of aryl methyl sites for hydroxylation is 1. The van der Waals surface area contributed by atoms with Crippen LogP contribution < -0.4 is 5.43 Å². The van der Waals surface area contributed by atoms with E-state index < -0.39 is 5.97 Å². The van der Waals surface area contributed by atoms with Crippen LogP contribution in [0.2, 0.25) is 5.02 Å². The molecule has 0 bridgehead atoms. The van der Waals surface area contributed by atoms with E-state index in [-0.39, 0.29) is 21.9 Å². The van der Waals surface area contributed by atoms with Crippen molar-refractivity contribution in [2.45, 2.75) is 40.0 Å². The van der Waals surface area contributed by atoms with Gasteiger partial charge in [-0.25, -0.2) is 9.78 Å². The Balaban J connectivity index is 2.34. The molecule has 3 rings (SSSR count). The summed E-state index contributed by atoms with van der Waals surface area (Å²) in [6, 6.07) is 5.50. The highest BCUT2D eigenvalue weighted by Gasteiger charge is 2.22. The van der Waals surface area contributed by atoms with E-state index in [1.807, 2.05) is 19.1 Å². The number of carboxylic acids is 1. The lowest BCUT2D eigenvalue weighted by Crippen LogP contribution is -2.16. The highest BCUT2D eigenvalue weighted by atomic mass is 35.5. The first-order valence-corrected chi connectivity index (χ1v) is 8.96. The SMILES string of the molecule is Cc1cc(C(C)(C)C)c(Cl)cc1-c1[nH]c2ccnc(C(=O)O)c2c(=O)c1C. The van der Waals surface area contributed by atoms with Crippen molar-refractivity contribution in [1.82, 2.24) is 9.97 Å². The van der Waals surface area contributed by atoms with Crippen molar-refractivity contribution in [2.24, 2.45) is 0 Å². The number of hydrogen-bond acceptors (Lipinski definition) is 3. The van der Waals surface area contributed by atoms with Crippen molar-refractivity contribution in [3.63, 3.8) is 0 Å². The Labute approximate surface area is 162 Å². The zero-order valence-corrected chi connectivity index (χ0v) is 16.7. The van der Waals surface area contributed by atoms with Crippen LogP contribution in [0.3, 0.4) is 0 Å². The maximum atomic E-state index is 12.9. The molecule has 5 nitrogen and oxygen atoms in total. The van der Waals surface area contributed by atoms with Gasteiger partial charge in [0.2, 0.25) is 0 Å². The number of aromatic nitrogens is 2. The van der Waals surface area contributed by atoms with Crippen LogP contribution in [0.15, 0.2) is 29.2 Å². The van der Waals surface area contributed by atoms with Crippen LogP contribution in [-0.2, 0) is 5.41 Å². The molecule has 0 atom stereocenters. The molecule has 2 aromatic heterocycles. The number of hydrogen-bond donors (Lipinski definition) is 2. The van der Waals surface area contributed by atoms with Crippen molar-refractivity contribution in [1.29, 1.82) is 0 Å². The fraction of sp³-hybridized carbons (Fsp3) is 0.286. The first-order valence-electron chi connectivity index (χ1n) is 8.58. The zero-order chi connectivity index (χ0) is 20.1. The predicted molar refractivity (Wildman–Crippen MR) is 108 cm³/mol. The molecule has 0 spiro atoms. The number of carbonyl (C=O) groups is 1. The van der Waals surface area contributed by atoms with Crippen molar-refractivity contribution >= 4 is 28.5 Å². The van der Waals surface area contributed by atoms with E-state index >= 15 is 0 Å². The second-order valence-corrected chi connectivity index (χ2v) is 8.15. The van der Waals surface area contributed by atoms with Gasteiger partial charge in [-0.3, -0.25) is 4.79 Å². The molecule has 0 radical (unpaired) electrons. The van der Waals surface area contributed by atoms with Crippen LogP contribution in [0.25, 0.3) is 22.2 Å². The standard InChI is InChI=1S/C21H21ClN2O3/c1-10-8-13(21(3,4)5)14(22)9-12(10)17-11(2)19(25)16-15(24-17)6-7-23-18(16)20(26)27/h6-9H,1-5H3,(H,24,25)(H,26,27). The second kappa shape index (κ2) is 6.50. The van der Waals surface area contributed by atoms with Crippen molar-refractivity contribution < 1.29 is 9.90 Å². The summed E-state index contributed by atoms with van der Waals surface area (Å²) in [6.07, 6.45) is 1.38. The van der Waals surface area contributed by atoms with Crippen molar-refractivity contribution in [3.05, 3.63) is 62.0 Å². The van der Waals surface area contributed by atoms with Gasteiger partial charge >= 0.3 is 5.97 Å². The predicted octanol–water partition coefficient (Wildman–Crippen LogP) is 4.86. The van der Waals surface area contributed by atoms with Gasteiger partial charge in [0, 0.05) is 22.3 Å². The fourth-order valence-corrected chi connectivity index (χ4v) is 3.73. The molecule has 0 aliphatic rings. The number of rotatable bonds is 2. The monoisotopic (exact) mass is 384 g/mol. The van der Waals surface area contributed by atoms with Crippen molar-refractivity contribution in [3.8, 4) is 11.3 Å². The van der Waals surface area contributed by atoms with E-state index in [1.165, 1.54) is 6.20 Å². The summed E-state index contributed by atoms with van der Waals surface area (Å²) in [5.74, 6) is -1.23. The van der Waals surface area contributed by atoms with Crippen LogP contribution in [0.4, 0.5) is 0 Å². The van der Waals surface area contributed by atoms with Gasteiger partial charge in [-0.15, -0.1) is 0 Å². The average Bonchev–Trinajstić information content (AvgIpc) is 2.58. The topological polar surface area (TPSA) is 83.1 Å². The zero-order valence-electron chi connectivity index (χ0n) is 15.9. The normalized spacial score (nSPS) is 11.8. The lowest BCUT2D eigenvalue weighted by molar-refractivity contribution is 0.0693. The molecule has 0 aliphatic carbocycles. The molecule has 3 aromatic rings. The van der Waals surface area contributed by atoms with Crippen LogP contribution >= 0.6 is 11.6 Å². The van der Waals surface area contributed by atoms with Gasteiger partial charge in [0.25, 0.3) is 0 Å². The fourth-order valence-electron chi connectivity index (χ4n) is 3.28. The smallest absolute Gasteiger partial charge is 0.355 e. The van der Waals surface area contributed by atoms with Gasteiger partial charge in [0.05, 0.1) is 16.6 Å². The van der Waals surface area contributed by atoms with Crippen LogP contribution in [-0.4, -0.2) is 21.0 Å². The molecule has 0 fully saturated rings. The molecular formula is C21H21ClN2O3. The lowest BCUT2D eigenvalue weighted by atomic mass is 9.84. The summed E-state index contributed by atoms with van der Waals surface area (Å²) in [4.78, 5) is 31.4. The Morgan fingerprint density at radius 1 is 1.22 bits per heavy atom. The number of pyridine rings is 2. The third-order valence-corrected chi connectivity index (χ3v) is 5.06. The second-order valence-electron chi connectivity index (χ2n) is 7.74. The molecule has 2 N–H and O–H groups in total. The van der Waals surface area contributed by atoms with E-state index in [1.54, 1.807) is 13.0 Å². The van der Waals surface area contributed by atoms with E-state index in [0.29, 0.717) is 21.8 Å². The summed E-state index contributed by atoms with van der Waals surface area (Å²) in [6.45, 7) is 9.93. The molecule has 27 heavy (non-hydrogen) atoms. The molecule has 0 saturated carbocycles. The Morgan fingerprint density at radius 3 is 2.48 bits per heavy atom. The maximum absolute atomic E-state index is 12.9. The minimum absolute atomic E-state index is 0.0845. The number of benzene rings is 1. The average molecular weight is 385 g/mol. The minimum atomic E-state index is -1.23. The molecule has 2 heterocycles. The third kappa shape index (κ3) is 3.23. The van der Waals surface area contributed by atoms with E-state index in [2.05, 4.69) is 30.7 Å². The molecule has 0 unspecified atom stereocenters. The van der Waals surface area contributed by atoms with Gasteiger partial charge in [0.15, 0.2) is 11.1 Å². The van der Waals surface area contributed by atoms with E-state index in [9.17, 15) is 14.7 Å². The molecule has 1 aromatic carbocycles. The van der Waals surface area contributed by atoms with Crippen LogP contribution in [0, 0.1) is 13.8 Å². The number of nitrogens with one attached hydrogen (secondary N) is 1. The van der Waals surface area contributed by atoms with Gasteiger partial charge in [-0.05, 0) is 42.5 Å². The first-order chi connectivity index (χ1) is 12.5. The summed E-state index contributed by atoms with van der Waals surface area (Å²) in [5, 5.41) is 10.1. The highest BCUT2D eigenvalue weighted by molar-refractivity contribution is 6.31. The Bertz CT molecular complexity index is 1140. The summed E-state index contributed by atoms with van der Waals surface area (Å²) < 4.78 is 0. The van der Waals surface area contributed by atoms with E-state index in [0.717, 1.165) is 16.7 Å². The quantitative estimate of drug-likeness (QED) is 0.661. The van der Waals surface area contributed by atoms with Crippen LogP contribution in [0.1, 0.15) is 48.0 Å². The number of halogens is 1. The lowest BCUT2D eigenvalue weighted by Gasteiger charge is -2.23. The van der Waals surface area contributed by atoms with Gasteiger partial charge in [-0.1, -0.05) is 38.4 Å². The van der Waals surface area contributed by atoms with Crippen LogP contribution in [0.5, 0.6) is 0 Å². The maximum Gasteiger partial charge on any atom is 0.355 e. The molecule has 0 amide bonds. The molecule has 6 heteroatoms. The summed E-state index contributed by atoms with van der Waals surface area (Å²) >= 11 is 6.53. The Morgan fingerprint density at radius 2 is 1.89 bits per heavy atom.